The van der Waals surface area contributed by atoms with Gasteiger partial charge < -0.3 is 10.4 Å². The third-order valence-corrected chi connectivity index (χ3v) is 3.82. The Balaban J connectivity index is 2.05. The van der Waals surface area contributed by atoms with Gasteiger partial charge in [0.1, 0.15) is 11.6 Å². The standard InChI is InChI=1S/C18H13ClFN3O2/c1-21-18-22-7-6-15(23-18)13-8-10(2-5-16(13)24)17(25)12-4-3-11(19)9-14(12)20/h2-9,24H,1H3,(H,21,22,23). The van der Waals surface area contributed by atoms with Crippen LogP contribution < -0.4 is 5.32 Å². The molecule has 0 fully saturated rings. The van der Waals surface area contributed by atoms with Crippen molar-refractivity contribution in [3.8, 4) is 17.0 Å². The minimum Gasteiger partial charge on any atom is -0.507 e. The Labute approximate surface area is 148 Å². The van der Waals surface area contributed by atoms with E-state index in [1.807, 2.05) is 0 Å². The van der Waals surface area contributed by atoms with Crippen LogP contribution in [0.1, 0.15) is 15.9 Å². The maximum Gasteiger partial charge on any atom is 0.222 e. The summed E-state index contributed by atoms with van der Waals surface area (Å²) in [5, 5.41) is 13.1. The maximum absolute atomic E-state index is 14.0. The molecule has 3 aromatic rings. The Morgan fingerprint density at radius 3 is 2.72 bits per heavy atom. The first kappa shape index (κ1) is 16.9. The van der Waals surface area contributed by atoms with Crippen molar-refractivity contribution in [1.82, 2.24) is 9.97 Å². The van der Waals surface area contributed by atoms with Crippen molar-refractivity contribution in [3.05, 3.63) is 70.6 Å². The van der Waals surface area contributed by atoms with Crippen LogP contribution in [-0.2, 0) is 0 Å². The van der Waals surface area contributed by atoms with Crippen molar-refractivity contribution in [1.29, 1.82) is 0 Å². The number of aromatic nitrogens is 2. The molecule has 0 aliphatic heterocycles. The smallest absolute Gasteiger partial charge is 0.222 e. The van der Waals surface area contributed by atoms with E-state index < -0.39 is 11.6 Å². The molecule has 1 aromatic heterocycles. The number of phenolic OH excluding ortho intramolecular Hbond substituents is 1. The van der Waals surface area contributed by atoms with Gasteiger partial charge in [0.15, 0.2) is 5.78 Å². The summed E-state index contributed by atoms with van der Waals surface area (Å²) in [5.74, 6) is -0.892. The fourth-order valence-electron chi connectivity index (χ4n) is 2.34. The summed E-state index contributed by atoms with van der Waals surface area (Å²) in [6.45, 7) is 0. The van der Waals surface area contributed by atoms with Gasteiger partial charge in [0.05, 0.1) is 11.3 Å². The minimum absolute atomic E-state index is 0.0473. The first-order valence-corrected chi connectivity index (χ1v) is 7.71. The van der Waals surface area contributed by atoms with E-state index in [9.17, 15) is 14.3 Å². The zero-order valence-electron chi connectivity index (χ0n) is 13.1. The van der Waals surface area contributed by atoms with Crippen molar-refractivity contribution >= 4 is 23.3 Å². The lowest BCUT2D eigenvalue weighted by Crippen LogP contribution is -2.05. The van der Waals surface area contributed by atoms with Crippen molar-refractivity contribution in [2.45, 2.75) is 0 Å². The molecule has 2 aromatic carbocycles. The van der Waals surface area contributed by atoms with Crippen LogP contribution in [-0.4, -0.2) is 27.9 Å². The van der Waals surface area contributed by atoms with Gasteiger partial charge in [-0.25, -0.2) is 14.4 Å². The molecule has 0 unspecified atom stereocenters. The van der Waals surface area contributed by atoms with Gasteiger partial charge in [-0.3, -0.25) is 4.79 Å². The predicted octanol–water partition coefficient (Wildman–Crippen LogP) is 3.91. The van der Waals surface area contributed by atoms with Gasteiger partial charge in [0.25, 0.3) is 0 Å². The number of nitrogens with zero attached hydrogens (tertiary/aromatic N) is 2. The molecule has 0 atom stereocenters. The molecule has 7 heteroatoms. The van der Waals surface area contributed by atoms with Crippen LogP contribution in [0.5, 0.6) is 5.75 Å². The average molecular weight is 358 g/mol. The lowest BCUT2D eigenvalue weighted by molar-refractivity contribution is 0.103. The molecule has 2 N–H and O–H groups in total. The Morgan fingerprint density at radius 2 is 2.00 bits per heavy atom. The molecule has 25 heavy (non-hydrogen) atoms. The van der Waals surface area contributed by atoms with Crippen LogP contribution >= 0.6 is 11.6 Å². The fraction of sp³-hybridized carbons (Fsp3) is 0.0556. The van der Waals surface area contributed by atoms with Gasteiger partial charge in [-0.15, -0.1) is 0 Å². The van der Waals surface area contributed by atoms with Gasteiger partial charge in [0, 0.05) is 29.4 Å². The van der Waals surface area contributed by atoms with Crippen molar-refractivity contribution in [2.75, 3.05) is 12.4 Å². The number of ketones is 1. The molecule has 0 radical (unpaired) electrons. The maximum atomic E-state index is 14.0. The topological polar surface area (TPSA) is 75.1 Å². The zero-order chi connectivity index (χ0) is 18.0. The summed E-state index contributed by atoms with van der Waals surface area (Å²) in [5.41, 5.74) is 0.903. The highest BCUT2D eigenvalue weighted by molar-refractivity contribution is 6.30. The number of hydrogen-bond donors (Lipinski definition) is 2. The van der Waals surface area contributed by atoms with Crippen LogP contribution in [0.2, 0.25) is 5.02 Å². The molecular formula is C18H13ClFN3O2. The molecule has 0 bridgehead atoms. The molecule has 0 saturated heterocycles. The van der Waals surface area contributed by atoms with Crippen LogP contribution in [0.4, 0.5) is 10.3 Å². The van der Waals surface area contributed by atoms with E-state index in [4.69, 9.17) is 11.6 Å². The van der Waals surface area contributed by atoms with E-state index in [-0.39, 0.29) is 21.9 Å². The molecule has 0 aliphatic rings. The second-order valence-corrected chi connectivity index (χ2v) is 5.64. The van der Waals surface area contributed by atoms with Gasteiger partial charge in [-0.1, -0.05) is 11.6 Å². The van der Waals surface area contributed by atoms with Crippen LogP contribution in [0, 0.1) is 5.82 Å². The molecule has 0 saturated carbocycles. The zero-order valence-corrected chi connectivity index (χ0v) is 13.9. The van der Waals surface area contributed by atoms with E-state index in [2.05, 4.69) is 15.3 Å². The number of benzene rings is 2. The second-order valence-electron chi connectivity index (χ2n) is 5.20. The summed E-state index contributed by atoms with van der Waals surface area (Å²) in [6.07, 6.45) is 1.53. The highest BCUT2D eigenvalue weighted by atomic mass is 35.5. The highest BCUT2D eigenvalue weighted by Crippen LogP contribution is 2.30. The third kappa shape index (κ3) is 3.44. The van der Waals surface area contributed by atoms with Gasteiger partial charge in [-0.05, 0) is 42.5 Å². The number of nitrogens with one attached hydrogen (secondary N) is 1. The predicted molar refractivity (Wildman–Crippen MR) is 93.5 cm³/mol. The van der Waals surface area contributed by atoms with Crippen LogP contribution in [0.3, 0.4) is 0 Å². The Bertz CT molecular complexity index is 963. The number of anilines is 1. The third-order valence-electron chi connectivity index (χ3n) is 3.59. The normalized spacial score (nSPS) is 10.5. The fourth-order valence-corrected chi connectivity index (χ4v) is 2.50. The first-order chi connectivity index (χ1) is 12.0. The molecule has 0 spiro atoms. The highest BCUT2D eigenvalue weighted by Gasteiger charge is 2.17. The summed E-state index contributed by atoms with van der Waals surface area (Å²) < 4.78 is 14.0. The average Bonchev–Trinajstić information content (AvgIpc) is 2.61. The molecule has 0 amide bonds. The summed E-state index contributed by atoms with van der Waals surface area (Å²) >= 11 is 5.72. The van der Waals surface area contributed by atoms with E-state index >= 15 is 0 Å². The second kappa shape index (κ2) is 6.86. The number of phenols is 1. The number of aromatic hydroxyl groups is 1. The van der Waals surface area contributed by atoms with E-state index in [1.54, 1.807) is 13.1 Å². The van der Waals surface area contributed by atoms with Crippen molar-refractivity contribution in [2.24, 2.45) is 0 Å². The van der Waals surface area contributed by atoms with Gasteiger partial charge in [0.2, 0.25) is 5.95 Å². The molecule has 3 rings (SSSR count). The van der Waals surface area contributed by atoms with Crippen molar-refractivity contribution < 1.29 is 14.3 Å². The Kier molecular flexibility index (Phi) is 4.63. The quantitative estimate of drug-likeness (QED) is 0.692. The number of rotatable bonds is 4. The molecule has 5 nitrogen and oxygen atoms in total. The van der Waals surface area contributed by atoms with E-state index in [1.165, 1.54) is 36.5 Å². The number of carbonyl (C=O) groups excluding carboxylic acids is 1. The van der Waals surface area contributed by atoms with Gasteiger partial charge >= 0.3 is 0 Å². The minimum atomic E-state index is -0.702. The number of carbonyl (C=O) groups is 1. The molecular weight excluding hydrogens is 345 g/mol. The van der Waals surface area contributed by atoms with E-state index in [0.29, 0.717) is 17.2 Å². The first-order valence-electron chi connectivity index (χ1n) is 7.33. The molecule has 0 aliphatic carbocycles. The van der Waals surface area contributed by atoms with Crippen molar-refractivity contribution in [3.63, 3.8) is 0 Å². The number of hydrogen-bond acceptors (Lipinski definition) is 5. The monoisotopic (exact) mass is 357 g/mol. The van der Waals surface area contributed by atoms with Crippen LogP contribution in [0.15, 0.2) is 48.7 Å². The summed E-state index contributed by atoms with van der Waals surface area (Å²) in [4.78, 5) is 20.8. The lowest BCUT2D eigenvalue weighted by Gasteiger charge is -2.09. The largest absolute Gasteiger partial charge is 0.507 e. The number of halogens is 2. The van der Waals surface area contributed by atoms with Gasteiger partial charge in [-0.2, -0.15) is 0 Å². The summed E-state index contributed by atoms with van der Waals surface area (Å²) in [6, 6.07) is 9.73. The van der Waals surface area contributed by atoms with E-state index in [0.717, 1.165) is 6.07 Å². The lowest BCUT2D eigenvalue weighted by atomic mass is 9.99. The SMILES string of the molecule is CNc1nccc(-c2cc(C(=O)c3ccc(Cl)cc3F)ccc2O)n1. The summed E-state index contributed by atoms with van der Waals surface area (Å²) in [7, 11) is 1.67. The molecule has 1 heterocycles. The molecule has 126 valence electrons. The Morgan fingerprint density at radius 1 is 1.20 bits per heavy atom. The van der Waals surface area contributed by atoms with Crippen LogP contribution in [0.25, 0.3) is 11.3 Å². The Hall–Kier alpha value is -2.99.